The average molecular weight is 326 g/mol. The number of methoxy groups -OCH3 is 2. The molecule has 2 N–H and O–H groups in total. The number of rotatable bonds is 5. The predicted octanol–water partition coefficient (Wildman–Crippen LogP) is 2.18. The summed E-state index contributed by atoms with van der Waals surface area (Å²) in [6.45, 7) is 0. The molecule has 2 amide bonds. The first-order valence-electron chi connectivity index (χ1n) is 7.19. The van der Waals surface area contributed by atoms with Gasteiger partial charge in [-0.2, -0.15) is 0 Å². The standard InChI is InChI=1S/C18H18N2O4/c1-23-15-10-7-14(8-11-15)18(22)20-19-17(21)12-9-13-5-3-4-6-16(13)24-2/h3-12H,1-2H3,(H,19,21)(H,20,22)/b12-9+. The maximum Gasteiger partial charge on any atom is 0.269 e. The largest absolute Gasteiger partial charge is 0.497 e. The Morgan fingerprint density at radius 1 is 0.917 bits per heavy atom. The third-order valence-electron chi connectivity index (χ3n) is 3.20. The van der Waals surface area contributed by atoms with Gasteiger partial charge in [0.25, 0.3) is 11.8 Å². The molecule has 124 valence electrons. The molecule has 0 heterocycles. The summed E-state index contributed by atoms with van der Waals surface area (Å²) >= 11 is 0. The fourth-order valence-electron chi connectivity index (χ4n) is 1.94. The normalized spacial score (nSPS) is 10.2. The Labute approximate surface area is 140 Å². The predicted molar refractivity (Wildman–Crippen MR) is 90.6 cm³/mol. The van der Waals surface area contributed by atoms with Gasteiger partial charge in [0.1, 0.15) is 11.5 Å². The molecule has 0 aliphatic heterocycles. The van der Waals surface area contributed by atoms with E-state index in [1.807, 2.05) is 18.2 Å². The summed E-state index contributed by atoms with van der Waals surface area (Å²) in [6, 6.07) is 13.8. The van der Waals surface area contributed by atoms with E-state index < -0.39 is 11.8 Å². The molecule has 0 unspecified atom stereocenters. The first-order chi connectivity index (χ1) is 11.6. The molecule has 2 rings (SSSR count). The Bertz CT molecular complexity index is 739. The number of hydrogen-bond acceptors (Lipinski definition) is 4. The zero-order chi connectivity index (χ0) is 17.4. The summed E-state index contributed by atoms with van der Waals surface area (Å²) in [6.07, 6.45) is 2.92. The van der Waals surface area contributed by atoms with Crippen molar-refractivity contribution in [1.29, 1.82) is 0 Å². The highest BCUT2D eigenvalue weighted by Crippen LogP contribution is 2.18. The minimum Gasteiger partial charge on any atom is -0.497 e. The van der Waals surface area contributed by atoms with Crippen molar-refractivity contribution >= 4 is 17.9 Å². The van der Waals surface area contributed by atoms with Gasteiger partial charge < -0.3 is 9.47 Å². The molecule has 0 fully saturated rings. The van der Waals surface area contributed by atoms with Crippen LogP contribution in [0.4, 0.5) is 0 Å². The van der Waals surface area contributed by atoms with Crippen molar-refractivity contribution in [1.82, 2.24) is 10.9 Å². The number of carbonyl (C=O) groups excluding carboxylic acids is 2. The highest BCUT2D eigenvalue weighted by Gasteiger charge is 2.06. The van der Waals surface area contributed by atoms with E-state index in [9.17, 15) is 9.59 Å². The van der Waals surface area contributed by atoms with Gasteiger partial charge in [-0.3, -0.25) is 20.4 Å². The second-order valence-electron chi connectivity index (χ2n) is 4.75. The van der Waals surface area contributed by atoms with Crippen LogP contribution in [-0.4, -0.2) is 26.0 Å². The first kappa shape index (κ1) is 17.1. The van der Waals surface area contributed by atoms with Crippen LogP contribution in [0.25, 0.3) is 6.08 Å². The monoisotopic (exact) mass is 326 g/mol. The van der Waals surface area contributed by atoms with E-state index in [0.29, 0.717) is 17.1 Å². The Kier molecular flexibility index (Phi) is 5.96. The van der Waals surface area contributed by atoms with Crippen LogP contribution >= 0.6 is 0 Å². The Hall–Kier alpha value is -3.28. The first-order valence-corrected chi connectivity index (χ1v) is 7.19. The molecule has 0 radical (unpaired) electrons. The van der Waals surface area contributed by atoms with Crippen LogP contribution in [-0.2, 0) is 4.79 Å². The molecule has 6 heteroatoms. The van der Waals surface area contributed by atoms with E-state index in [1.54, 1.807) is 50.6 Å². The maximum absolute atomic E-state index is 11.9. The third kappa shape index (κ3) is 4.61. The lowest BCUT2D eigenvalue weighted by Gasteiger charge is -2.06. The highest BCUT2D eigenvalue weighted by atomic mass is 16.5. The van der Waals surface area contributed by atoms with E-state index >= 15 is 0 Å². The van der Waals surface area contributed by atoms with Crippen LogP contribution in [0.2, 0.25) is 0 Å². The van der Waals surface area contributed by atoms with Crippen LogP contribution in [0.3, 0.4) is 0 Å². The Balaban J connectivity index is 1.90. The van der Waals surface area contributed by atoms with Gasteiger partial charge in [0.2, 0.25) is 0 Å². The molecule has 0 saturated heterocycles. The Morgan fingerprint density at radius 3 is 2.29 bits per heavy atom. The molecule has 2 aromatic rings. The van der Waals surface area contributed by atoms with Gasteiger partial charge in [-0.25, -0.2) is 0 Å². The molecule has 0 saturated carbocycles. The zero-order valence-electron chi connectivity index (χ0n) is 13.4. The van der Waals surface area contributed by atoms with E-state index in [1.165, 1.54) is 6.08 Å². The second-order valence-corrected chi connectivity index (χ2v) is 4.75. The average Bonchev–Trinajstić information content (AvgIpc) is 2.64. The van der Waals surface area contributed by atoms with Crippen LogP contribution in [0, 0.1) is 0 Å². The summed E-state index contributed by atoms with van der Waals surface area (Å²) < 4.78 is 10.2. The van der Waals surface area contributed by atoms with Crippen LogP contribution < -0.4 is 20.3 Å². The second kappa shape index (κ2) is 8.38. The van der Waals surface area contributed by atoms with E-state index in [-0.39, 0.29) is 0 Å². The van der Waals surface area contributed by atoms with Crippen molar-refractivity contribution in [2.75, 3.05) is 14.2 Å². The highest BCUT2D eigenvalue weighted by molar-refractivity contribution is 5.98. The summed E-state index contributed by atoms with van der Waals surface area (Å²) in [5, 5.41) is 0. The minimum absolute atomic E-state index is 0.407. The third-order valence-corrected chi connectivity index (χ3v) is 3.20. The number of carbonyl (C=O) groups is 2. The van der Waals surface area contributed by atoms with Crippen molar-refractivity contribution in [3.05, 3.63) is 65.7 Å². The number of benzene rings is 2. The number of ether oxygens (including phenoxy) is 2. The Morgan fingerprint density at radius 2 is 1.62 bits per heavy atom. The van der Waals surface area contributed by atoms with E-state index in [0.717, 1.165) is 5.56 Å². The van der Waals surface area contributed by atoms with E-state index in [2.05, 4.69) is 10.9 Å². The molecule has 0 aromatic heterocycles. The number of hydrazine groups is 1. The lowest BCUT2D eigenvalue weighted by Crippen LogP contribution is -2.40. The lowest BCUT2D eigenvalue weighted by atomic mass is 10.2. The van der Waals surface area contributed by atoms with Gasteiger partial charge in [0, 0.05) is 17.2 Å². The summed E-state index contributed by atoms with van der Waals surface area (Å²) in [4.78, 5) is 23.7. The van der Waals surface area contributed by atoms with Gasteiger partial charge in [0.15, 0.2) is 0 Å². The van der Waals surface area contributed by atoms with Crippen molar-refractivity contribution in [3.63, 3.8) is 0 Å². The number of hydrogen-bond donors (Lipinski definition) is 2. The molecule has 2 aromatic carbocycles. The molecule has 24 heavy (non-hydrogen) atoms. The molecule has 0 aliphatic rings. The number of amides is 2. The van der Waals surface area contributed by atoms with Gasteiger partial charge in [-0.05, 0) is 36.4 Å². The van der Waals surface area contributed by atoms with Gasteiger partial charge in [0.05, 0.1) is 14.2 Å². The van der Waals surface area contributed by atoms with Crippen LogP contribution in [0.1, 0.15) is 15.9 Å². The van der Waals surface area contributed by atoms with Crippen molar-refractivity contribution in [2.24, 2.45) is 0 Å². The minimum atomic E-state index is -0.456. The quantitative estimate of drug-likeness (QED) is 0.652. The summed E-state index contributed by atoms with van der Waals surface area (Å²) in [5.74, 6) is 0.429. The fourth-order valence-corrected chi connectivity index (χ4v) is 1.94. The lowest BCUT2D eigenvalue weighted by molar-refractivity contribution is -0.117. The number of nitrogens with one attached hydrogen (secondary N) is 2. The zero-order valence-corrected chi connectivity index (χ0v) is 13.4. The summed E-state index contributed by atoms with van der Waals surface area (Å²) in [7, 11) is 3.10. The van der Waals surface area contributed by atoms with E-state index in [4.69, 9.17) is 9.47 Å². The topological polar surface area (TPSA) is 76.7 Å². The molecule has 6 nitrogen and oxygen atoms in total. The molecular weight excluding hydrogens is 308 g/mol. The van der Waals surface area contributed by atoms with Crippen LogP contribution in [0.5, 0.6) is 11.5 Å². The molecule has 0 bridgehead atoms. The van der Waals surface area contributed by atoms with Crippen molar-refractivity contribution in [3.8, 4) is 11.5 Å². The molecule has 0 spiro atoms. The number of para-hydroxylation sites is 1. The molecule has 0 aliphatic carbocycles. The smallest absolute Gasteiger partial charge is 0.269 e. The van der Waals surface area contributed by atoms with Crippen molar-refractivity contribution < 1.29 is 19.1 Å². The molecule has 0 atom stereocenters. The molecular formula is C18H18N2O4. The SMILES string of the molecule is COc1ccc(C(=O)NNC(=O)/C=C/c2ccccc2OC)cc1. The van der Waals surface area contributed by atoms with Gasteiger partial charge >= 0.3 is 0 Å². The van der Waals surface area contributed by atoms with Gasteiger partial charge in [-0.15, -0.1) is 0 Å². The fraction of sp³-hybridized carbons (Fsp3) is 0.111. The summed E-state index contributed by atoms with van der Waals surface area (Å²) in [5.41, 5.74) is 5.83. The van der Waals surface area contributed by atoms with Crippen molar-refractivity contribution in [2.45, 2.75) is 0 Å². The maximum atomic E-state index is 11.9. The van der Waals surface area contributed by atoms with Gasteiger partial charge in [-0.1, -0.05) is 18.2 Å². The van der Waals surface area contributed by atoms with Crippen LogP contribution in [0.15, 0.2) is 54.6 Å².